The fraction of sp³-hybridized carbons (Fsp3) is 0.0938. The molecular weight excluding hydrogens is 522 g/mol. The first-order valence-electron chi connectivity index (χ1n) is 12.8. The summed E-state index contributed by atoms with van der Waals surface area (Å²) in [4.78, 5) is 37.0. The molecule has 0 radical (unpaired) electrons. The number of fused-ring (bicyclic) bond motifs is 3. The zero-order chi connectivity index (χ0) is 28.1. The van der Waals surface area contributed by atoms with Gasteiger partial charge in [0.15, 0.2) is 0 Å². The molecule has 2 amide bonds. The number of para-hydroxylation sites is 1. The van der Waals surface area contributed by atoms with E-state index in [1.165, 1.54) is 17.3 Å². The Morgan fingerprint density at radius 2 is 1.48 bits per heavy atom. The van der Waals surface area contributed by atoms with Crippen LogP contribution < -0.4 is 10.6 Å². The molecule has 200 valence electrons. The third-order valence-corrected chi connectivity index (χ3v) is 7.72. The van der Waals surface area contributed by atoms with E-state index in [-0.39, 0.29) is 5.91 Å². The van der Waals surface area contributed by atoms with Crippen molar-refractivity contribution in [1.82, 2.24) is 4.57 Å². The molecule has 3 N–H and O–H groups in total. The van der Waals surface area contributed by atoms with Crippen molar-refractivity contribution in [2.24, 2.45) is 0 Å². The first kappa shape index (κ1) is 26.8. The largest absolute Gasteiger partial charge is 0.478 e. The number of carbonyl (C=O) groups excluding carboxylic acids is 2. The Kier molecular flexibility index (Phi) is 7.98. The van der Waals surface area contributed by atoms with Gasteiger partial charge in [0, 0.05) is 56.8 Å². The number of rotatable bonds is 9. The lowest BCUT2D eigenvalue weighted by Gasteiger charge is -2.17. The number of thioether (sulfide) groups is 1. The number of anilines is 2. The molecule has 0 aliphatic heterocycles. The molecule has 5 aromatic rings. The number of aryl methyl sites for hydroxylation is 1. The highest BCUT2D eigenvalue weighted by atomic mass is 32.2. The van der Waals surface area contributed by atoms with Gasteiger partial charge < -0.3 is 20.3 Å². The average Bonchev–Trinajstić information content (AvgIpc) is 3.29. The molecule has 0 saturated heterocycles. The van der Waals surface area contributed by atoms with Gasteiger partial charge in [-0.05, 0) is 61.0 Å². The Morgan fingerprint density at radius 3 is 2.20 bits per heavy atom. The smallest absolute Gasteiger partial charge is 0.328 e. The van der Waals surface area contributed by atoms with Crippen molar-refractivity contribution in [1.29, 1.82) is 0 Å². The van der Waals surface area contributed by atoms with Crippen LogP contribution in [0.25, 0.3) is 21.8 Å². The number of aromatic nitrogens is 1. The maximum absolute atomic E-state index is 13.7. The van der Waals surface area contributed by atoms with Gasteiger partial charge >= 0.3 is 5.97 Å². The first-order valence-corrected chi connectivity index (χ1v) is 13.7. The first-order chi connectivity index (χ1) is 19.4. The van der Waals surface area contributed by atoms with Crippen molar-refractivity contribution in [3.05, 3.63) is 115 Å². The van der Waals surface area contributed by atoms with Gasteiger partial charge in [-0.3, -0.25) is 9.59 Å². The predicted molar refractivity (Wildman–Crippen MR) is 161 cm³/mol. The predicted octanol–water partition coefficient (Wildman–Crippen LogP) is 6.87. The van der Waals surface area contributed by atoms with Gasteiger partial charge in [-0.25, -0.2) is 4.79 Å². The van der Waals surface area contributed by atoms with E-state index in [2.05, 4.69) is 40.3 Å². The van der Waals surface area contributed by atoms with Gasteiger partial charge in [-0.15, -0.1) is 11.8 Å². The number of nitrogens with one attached hydrogen (secondary N) is 2. The zero-order valence-electron chi connectivity index (χ0n) is 21.7. The molecule has 7 nitrogen and oxygen atoms in total. The van der Waals surface area contributed by atoms with Crippen LogP contribution in [0.3, 0.4) is 0 Å². The molecule has 4 aromatic carbocycles. The third kappa shape index (κ3) is 5.92. The molecule has 0 saturated carbocycles. The quantitative estimate of drug-likeness (QED) is 0.138. The standard InChI is InChI=1S/C32H27N3O4S/c1-2-35-27-11-7-6-10-25(27)26-20-23(14-17-28(26)35)34-32(39)31(21-8-4-3-5-9-21)40-24-15-12-22(13-16-24)33-29(36)18-19-30(37)38/h3-20,31H,2H2,1H3,(H,33,36)(H,34,39)(H,37,38)/b19-18+. The number of nitrogens with zero attached hydrogens (tertiary/aromatic N) is 1. The number of benzene rings is 4. The van der Waals surface area contributed by atoms with E-state index in [0.29, 0.717) is 5.69 Å². The molecule has 8 heteroatoms. The normalized spacial score (nSPS) is 12.0. The van der Waals surface area contributed by atoms with E-state index in [0.717, 1.165) is 51.1 Å². The molecule has 1 aromatic heterocycles. The van der Waals surface area contributed by atoms with Crippen molar-refractivity contribution >= 4 is 62.7 Å². The minimum absolute atomic E-state index is 0.147. The molecule has 0 fully saturated rings. The van der Waals surface area contributed by atoms with Crippen molar-refractivity contribution < 1.29 is 19.5 Å². The number of hydrogen-bond acceptors (Lipinski definition) is 4. The van der Waals surface area contributed by atoms with E-state index in [1.807, 2.05) is 66.7 Å². The highest BCUT2D eigenvalue weighted by molar-refractivity contribution is 8.00. The summed E-state index contributed by atoms with van der Waals surface area (Å²) >= 11 is 1.40. The lowest BCUT2D eigenvalue weighted by Crippen LogP contribution is -2.19. The van der Waals surface area contributed by atoms with Gasteiger partial charge in [-0.2, -0.15) is 0 Å². The molecule has 1 heterocycles. The topological polar surface area (TPSA) is 100 Å². The van der Waals surface area contributed by atoms with E-state index in [4.69, 9.17) is 5.11 Å². The number of carboxylic acids is 1. The van der Waals surface area contributed by atoms with Crippen LogP contribution in [0, 0.1) is 0 Å². The van der Waals surface area contributed by atoms with Crippen molar-refractivity contribution in [3.63, 3.8) is 0 Å². The Balaban J connectivity index is 1.38. The monoisotopic (exact) mass is 549 g/mol. The molecule has 40 heavy (non-hydrogen) atoms. The van der Waals surface area contributed by atoms with Crippen molar-refractivity contribution in [2.75, 3.05) is 10.6 Å². The zero-order valence-corrected chi connectivity index (χ0v) is 22.5. The Hall–Kier alpha value is -4.82. The molecule has 1 unspecified atom stereocenters. The Morgan fingerprint density at radius 1 is 0.800 bits per heavy atom. The van der Waals surface area contributed by atoms with E-state index in [9.17, 15) is 14.4 Å². The summed E-state index contributed by atoms with van der Waals surface area (Å²) in [7, 11) is 0. The van der Waals surface area contributed by atoms with Crippen LogP contribution in [0.5, 0.6) is 0 Å². The summed E-state index contributed by atoms with van der Waals surface area (Å²) in [6.45, 7) is 2.98. The lowest BCUT2D eigenvalue weighted by atomic mass is 10.1. The second-order valence-corrected chi connectivity index (χ2v) is 10.3. The molecule has 5 rings (SSSR count). The minimum Gasteiger partial charge on any atom is -0.478 e. The fourth-order valence-corrected chi connectivity index (χ4v) is 5.69. The van der Waals surface area contributed by atoms with Gasteiger partial charge in [0.1, 0.15) is 5.25 Å². The Bertz CT molecular complexity index is 1730. The summed E-state index contributed by atoms with van der Waals surface area (Å²) in [5.41, 5.74) is 4.40. The SMILES string of the molecule is CCn1c2ccccc2c2cc(NC(=O)C(Sc3ccc(NC(=O)/C=C/C(=O)O)cc3)c3ccccc3)ccc21. The highest BCUT2D eigenvalue weighted by Crippen LogP contribution is 2.37. The molecule has 1 atom stereocenters. The maximum Gasteiger partial charge on any atom is 0.328 e. The van der Waals surface area contributed by atoms with Gasteiger partial charge in [0.25, 0.3) is 0 Å². The number of carboxylic acid groups (broad SMARTS) is 1. The van der Waals surface area contributed by atoms with E-state index in [1.54, 1.807) is 12.1 Å². The summed E-state index contributed by atoms with van der Waals surface area (Å²) in [6.07, 6.45) is 1.74. The van der Waals surface area contributed by atoms with Crippen LogP contribution in [-0.2, 0) is 20.9 Å². The molecule has 0 spiro atoms. The molecular formula is C32H27N3O4S. The number of amides is 2. The van der Waals surface area contributed by atoms with Crippen LogP contribution in [0.1, 0.15) is 17.7 Å². The van der Waals surface area contributed by atoms with Crippen LogP contribution in [-0.4, -0.2) is 27.5 Å². The molecule has 0 aliphatic rings. The second kappa shape index (κ2) is 11.9. The molecule has 0 bridgehead atoms. The summed E-state index contributed by atoms with van der Waals surface area (Å²) in [6, 6.07) is 31.0. The van der Waals surface area contributed by atoms with Gasteiger partial charge in [-0.1, -0.05) is 48.5 Å². The van der Waals surface area contributed by atoms with Crippen LogP contribution in [0.2, 0.25) is 0 Å². The summed E-state index contributed by atoms with van der Waals surface area (Å²) < 4.78 is 2.27. The third-order valence-electron chi connectivity index (χ3n) is 6.45. The maximum atomic E-state index is 13.7. The van der Waals surface area contributed by atoms with Crippen LogP contribution in [0.4, 0.5) is 11.4 Å². The minimum atomic E-state index is -1.19. The van der Waals surface area contributed by atoms with Crippen molar-refractivity contribution in [2.45, 2.75) is 23.6 Å². The summed E-state index contributed by atoms with van der Waals surface area (Å²) in [5.74, 6) is -1.88. The highest BCUT2D eigenvalue weighted by Gasteiger charge is 2.23. The number of hydrogen-bond donors (Lipinski definition) is 3. The number of aliphatic carboxylic acids is 1. The molecule has 0 aliphatic carbocycles. The number of carbonyl (C=O) groups is 3. The Labute approximate surface area is 235 Å². The lowest BCUT2D eigenvalue weighted by molar-refractivity contribution is -0.131. The van der Waals surface area contributed by atoms with E-state index >= 15 is 0 Å². The van der Waals surface area contributed by atoms with E-state index < -0.39 is 17.1 Å². The second-order valence-electron chi connectivity index (χ2n) is 9.08. The van der Waals surface area contributed by atoms with Crippen LogP contribution >= 0.6 is 11.8 Å². The average molecular weight is 550 g/mol. The van der Waals surface area contributed by atoms with Crippen molar-refractivity contribution in [3.8, 4) is 0 Å². The van der Waals surface area contributed by atoms with Gasteiger partial charge in [0.2, 0.25) is 11.8 Å². The van der Waals surface area contributed by atoms with Gasteiger partial charge in [0.05, 0.1) is 0 Å². The fourth-order valence-electron chi connectivity index (χ4n) is 4.66. The summed E-state index contributed by atoms with van der Waals surface area (Å²) in [5, 5.41) is 16.1. The van der Waals surface area contributed by atoms with Crippen LogP contribution in [0.15, 0.2) is 114 Å².